The molecule has 1 atom stereocenters. The molecule has 2 heterocycles. The van der Waals surface area contributed by atoms with Crippen LogP contribution < -0.4 is 11.1 Å². The summed E-state index contributed by atoms with van der Waals surface area (Å²) in [6, 6.07) is 12.4. The highest BCUT2D eigenvalue weighted by molar-refractivity contribution is 6.24. The van der Waals surface area contributed by atoms with Gasteiger partial charge in [0.15, 0.2) is 0 Å². The maximum atomic E-state index is 13.1. The number of benzene rings is 2. The number of carbonyl (C=O) groups is 6. The molecule has 2 aliphatic heterocycles. The molecule has 0 spiro atoms. The van der Waals surface area contributed by atoms with Crippen LogP contribution in [0.25, 0.3) is 0 Å². The van der Waals surface area contributed by atoms with Crippen molar-refractivity contribution in [2.24, 2.45) is 11.7 Å². The van der Waals surface area contributed by atoms with E-state index in [0.29, 0.717) is 4.90 Å². The smallest absolute Gasteiger partial charge is 0.265 e. The van der Waals surface area contributed by atoms with Crippen LogP contribution in [-0.2, 0) is 9.59 Å². The van der Waals surface area contributed by atoms with Crippen LogP contribution in [0.5, 0.6) is 0 Å². The third-order valence-electron chi connectivity index (χ3n) is 6.13. The van der Waals surface area contributed by atoms with E-state index < -0.39 is 47.0 Å². The lowest BCUT2D eigenvalue weighted by atomic mass is 9.92. The van der Waals surface area contributed by atoms with Gasteiger partial charge in [-0.15, -0.1) is 0 Å². The van der Waals surface area contributed by atoms with Crippen LogP contribution in [0.3, 0.4) is 0 Å². The fourth-order valence-corrected chi connectivity index (χ4v) is 4.35. The van der Waals surface area contributed by atoms with E-state index in [1.54, 1.807) is 38.1 Å². The molecule has 0 bridgehead atoms. The minimum atomic E-state index is -2.15. The Labute approximate surface area is 194 Å². The van der Waals surface area contributed by atoms with Crippen LogP contribution in [0.2, 0.25) is 0 Å². The third-order valence-corrected chi connectivity index (χ3v) is 6.13. The van der Waals surface area contributed by atoms with E-state index in [0.717, 1.165) is 4.90 Å². The first-order valence-electron chi connectivity index (χ1n) is 10.6. The monoisotopic (exact) mass is 462 g/mol. The molecule has 0 radical (unpaired) electrons. The van der Waals surface area contributed by atoms with Gasteiger partial charge in [-0.05, 0) is 24.3 Å². The minimum absolute atomic E-state index is 0.0963. The summed E-state index contributed by atoms with van der Waals surface area (Å²) in [7, 11) is 0. The summed E-state index contributed by atoms with van der Waals surface area (Å²) in [6.45, 7) is 2.82. The van der Waals surface area contributed by atoms with E-state index in [4.69, 9.17) is 5.73 Å². The number of nitrogens with zero attached hydrogens (tertiary/aromatic N) is 2. The van der Waals surface area contributed by atoms with Crippen molar-refractivity contribution in [2.45, 2.75) is 25.9 Å². The predicted octanol–water partition coefficient (Wildman–Crippen LogP) is 0.923. The van der Waals surface area contributed by atoms with Crippen molar-refractivity contribution >= 4 is 35.4 Å². The van der Waals surface area contributed by atoms with E-state index in [1.165, 1.54) is 24.3 Å². The maximum Gasteiger partial charge on any atom is 0.265 e. The average molecular weight is 462 g/mol. The quantitative estimate of drug-likeness (QED) is 0.585. The lowest BCUT2D eigenvalue weighted by molar-refractivity contribution is -0.139. The Morgan fingerprint density at radius 3 is 1.62 bits per heavy atom. The van der Waals surface area contributed by atoms with Gasteiger partial charge in [-0.2, -0.15) is 0 Å². The number of fused-ring (bicyclic) bond motifs is 2. The first kappa shape index (κ1) is 22.8. The predicted molar refractivity (Wildman–Crippen MR) is 118 cm³/mol. The normalized spacial score (nSPS) is 16.6. The molecule has 4 rings (SSSR count). The molecule has 2 aromatic rings. The Morgan fingerprint density at radius 1 is 0.824 bits per heavy atom. The number of amides is 6. The topological polar surface area (TPSA) is 147 Å². The van der Waals surface area contributed by atoms with Crippen molar-refractivity contribution in [1.29, 1.82) is 0 Å². The number of hydrogen-bond acceptors (Lipinski definition) is 6. The fraction of sp³-hybridized carbons (Fsp3) is 0.250. The molecule has 0 aliphatic carbocycles. The average Bonchev–Trinajstić information content (AvgIpc) is 3.21. The Bertz CT molecular complexity index is 1200. The maximum absolute atomic E-state index is 13.1. The van der Waals surface area contributed by atoms with Crippen molar-refractivity contribution in [3.63, 3.8) is 0 Å². The summed E-state index contributed by atoms with van der Waals surface area (Å²) in [4.78, 5) is 78.5. The lowest BCUT2D eigenvalue weighted by Gasteiger charge is -2.41. The van der Waals surface area contributed by atoms with Crippen LogP contribution in [-0.4, -0.2) is 57.5 Å². The van der Waals surface area contributed by atoms with Crippen molar-refractivity contribution in [3.8, 4) is 0 Å². The zero-order valence-corrected chi connectivity index (χ0v) is 18.5. The van der Waals surface area contributed by atoms with E-state index in [9.17, 15) is 28.8 Å². The SMILES string of the molecule is CC(C)C(NC(=O)CCN1C(=O)c2ccccc2C1=O)(C(N)=O)N1C(=O)c2ccccc2C1=O. The second-order valence-corrected chi connectivity index (χ2v) is 8.38. The van der Waals surface area contributed by atoms with Crippen LogP contribution in [0.15, 0.2) is 48.5 Å². The van der Waals surface area contributed by atoms with Gasteiger partial charge in [0.2, 0.25) is 11.6 Å². The molecule has 10 nitrogen and oxygen atoms in total. The van der Waals surface area contributed by atoms with Crippen molar-refractivity contribution in [2.75, 3.05) is 6.54 Å². The second kappa shape index (κ2) is 8.22. The third kappa shape index (κ3) is 3.26. The number of rotatable bonds is 7. The number of nitrogens with one attached hydrogen (secondary N) is 1. The van der Waals surface area contributed by atoms with Gasteiger partial charge in [0.05, 0.1) is 22.3 Å². The molecule has 34 heavy (non-hydrogen) atoms. The largest absolute Gasteiger partial charge is 0.366 e. The molecule has 1 unspecified atom stereocenters. The van der Waals surface area contributed by atoms with Gasteiger partial charge in [-0.25, -0.2) is 4.90 Å². The molecular weight excluding hydrogens is 440 g/mol. The molecule has 10 heteroatoms. The first-order valence-corrected chi connectivity index (χ1v) is 10.6. The summed E-state index contributed by atoms with van der Waals surface area (Å²) >= 11 is 0. The summed E-state index contributed by atoms with van der Waals surface area (Å²) in [6.07, 6.45) is -0.365. The Balaban J connectivity index is 1.57. The summed E-state index contributed by atoms with van der Waals surface area (Å²) in [5, 5.41) is 2.46. The molecule has 0 saturated heterocycles. The summed E-state index contributed by atoms with van der Waals surface area (Å²) in [5.41, 5.74) is 4.19. The Kier molecular flexibility index (Phi) is 5.52. The standard InChI is InChI=1S/C24H22N4O6/c1-13(2)24(23(25)34,28-21(32)16-9-5-6-10-17(16)22(28)33)26-18(29)11-12-27-19(30)14-7-3-4-8-15(14)20(27)31/h3-10,13H,11-12H2,1-2H3,(H2,25,34)(H,26,29). The van der Waals surface area contributed by atoms with Crippen LogP contribution in [0.4, 0.5) is 0 Å². The van der Waals surface area contributed by atoms with E-state index in [2.05, 4.69) is 5.32 Å². The Morgan fingerprint density at radius 2 is 1.24 bits per heavy atom. The molecule has 2 aliphatic rings. The number of hydrogen-bond donors (Lipinski definition) is 2. The molecule has 0 aromatic heterocycles. The van der Waals surface area contributed by atoms with Gasteiger partial charge < -0.3 is 11.1 Å². The molecule has 2 aromatic carbocycles. The van der Waals surface area contributed by atoms with E-state index >= 15 is 0 Å². The molecule has 3 N–H and O–H groups in total. The van der Waals surface area contributed by atoms with Gasteiger partial charge >= 0.3 is 0 Å². The number of carbonyl (C=O) groups excluding carboxylic acids is 6. The van der Waals surface area contributed by atoms with Crippen molar-refractivity contribution in [1.82, 2.24) is 15.1 Å². The van der Waals surface area contributed by atoms with E-state index in [-0.39, 0.29) is 35.2 Å². The van der Waals surface area contributed by atoms with Crippen LogP contribution in [0.1, 0.15) is 61.7 Å². The second-order valence-electron chi connectivity index (χ2n) is 8.38. The number of primary amides is 1. The number of imide groups is 2. The van der Waals surface area contributed by atoms with Gasteiger partial charge in [0.1, 0.15) is 0 Å². The molecular formula is C24H22N4O6. The molecule has 6 amide bonds. The zero-order chi connectivity index (χ0) is 24.8. The van der Waals surface area contributed by atoms with Crippen molar-refractivity contribution in [3.05, 3.63) is 70.8 Å². The molecule has 174 valence electrons. The minimum Gasteiger partial charge on any atom is -0.366 e. The van der Waals surface area contributed by atoms with Gasteiger partial charge in [-0.1, -0.05) is 38.1 Å². The Hall–Kier alpha value is -4.34. The van der Waals surface area contributed by atoms with Crippen LogP contribution in [0, 0.1) is 5.92 Å². The first-order chi connectivity index (χ1) is 16.1. The highest BCUT2D eigenvalue weighted by Crippen LogP contribution is 2.33. The van der Waals surface area contributed by atoms with Crippen LogP contribution >= 0.6 is 0 Å². The van der Waals surface area contributed by atoms with Gasteiger partial charge in [0, 0.05) is 18.9 Å². The van der Waals surface area contributed by atoms with Gasteiger partial charge in [-0.3, -0.25) is 33.7 Å². The highest BCUT2D eigenvalue weighted by Gasteiger charge is 2.55. The summed E-state index contributed by atoms with van der Waals surface area (Å²) < 4.78 is 0. The van der Waals surface area contributed by atoms with E-state index in [1.807, 2.05) is 0 Å². The summed E-state index contributed by atoms with van der Waals surface area (Å²) in [5.74, 6) is -5.21. The molecule has 0 saturated carbocycles. The highest BCUT2D eigenvalue weighted by atomic mass is 16.2. The zero-order valence-electron chi connectivity index (χ0n) is 18.5. The molecule has 0 fully saturated rings. The fourth-order valence-electron chi connectivity index (χ4n) is 4.35. The van der Waals surface area contributed by atoms with Gasteiger partial charge in [0.25, 0.3) is 29.5 Å². The lowest BCUT2D eigenvalue weighted by Crippen LogP contribution is -2.72. The van der Waals surface area contributed by atoms with Crippen molar-refractivity contribution < 1.29 is 28.8 Å². The number of nitrogens with two attached hydrogens (primary N) is 1.